The molecular weight excluding hydrogens is 244 g/mol. The third-order valence-electron chi connectivity index (χ3n) is 2.74. The molecule has 0 aliphatic carbocycles. The fourth-order valence-corrected chi connectivity index (χ4v) is 1.84. The Morgan fingerprint density at radius 2 is 1.94 bits per heavy atom. The Hall–Kier alpha value is -1.42. The normalized spacial score (nSPS) is 11.5. The average molecular weight is 259 g/mol. The lowest BCUT2D eigenvalue weighted by molar-refractivity contribution is -0.146. The first-order valence-electron chi connectivity index (χ1n) is 5.10. The van der Waals surface area contributed by atoms with E-state index in [9.17, 15) is 15.0 Å². The van der Waals surface area contributed by atoms with E-state index in [2.05, 4.69) is 0 Å². The largest absolute Gasteiger partial charge is 0.504 e. The smallest absolute Gasteiger partial charge is 0.309 e. The Morgan fingerprint density at radius 1 is 1.41 bits per heavy atom. The molecule has 94 valence electrons. The first-order chi connectivity index (χ1) is 7.66. The molecule has 0 aliphatic rings. The molecule has 1 aromatic rings. The number of aliphatic carboxylic acids is 1. The molecule has 1 aromatic carbocycles. The summed E-state index contributed by atoms with van der Waals surface area (Å²) in [4.78, 5) is 11.0. The molecule has 4 nitrogen and oxygen atoms in total. The minimum Gasteiger partial charge on any atom is -0.504 e. The summed E-state index contributed by atoms with van der Waals surface area (Å²) in [5, 5.41) is 27.9. The fraction of sp³-hybridized carbons (Fsp3) is 0.417. The maximum Gasteiger partial charge on any atom is 0.309 e. The maximum atomic E-state index is 11.0. The minimum absolute atomic E-state index is 0.0109. The zero-order valence-corrected chi connectivity index (χ0v) is 10.7. The predicted molar refractivity (Wildman–Crippen MR) is 64.6 cm³/mol. The Labute approximate surface area is 104 Å². The van der Waals surface area contributed by atoms with Gasteiger partial charge in [0.15, 0.2) is 11.5 Å². The SMILES string of the molecule is Cc1cc(O)c(O)c(Cl)c1CC(C)(C)C(=O)O. The number of phenols is 2. The molecule has 0 unspecified atom stereocenters. The number of carboxylic acid groups (broad SMARTS) is 1. The molecule has 0 radical (unpaired) electrons. The maximum absolute atomic E-state index is 11.0. The lowest BCUT2D eigenvalue weighted by Gasteiger charge is -2.21. The van der Waals surface area contributed by atoms with E-state index in [1.807, 2.05) is 0 Å². The number of hydrogen-bond donors (Lipinski definition) is 3. The van der Waals surface area contributed by atoms with Crippen LogP contribution in [0.1, 0.15) is 25.0 Å². The number of aromatic hydroxyl groups is 2. The summed E-state index contributed by atoms with van der Waals surface area (Å²) < 4.78 is 0. The van der Waals surface area contributed by atoms with Crippen molar-refractivity contribution < 1.29 is 20.1 Å². The predicted octanol–water partition coefficient (Wildman–Crippen LogP) is 2.71. The standard InChI is InChI=1S/C12H15ClO4/c1-6-4-8(14)10(15)9(13)7(6)5-12(2,3)11(16)17/h4,14-15H,5H2,1-3H3,(H,16,17). The summed E-state index contributed by atoms with van der Waals surface area (Å²) in [7, 11) is 0. The van der Waals surface area contributed by atoms with Gasteiger partial charge in [0.2, 0.25) is 0 Å². The van der Waals surface area contributed by atoms with Crippen molar-refractivity contribution in [3.63, 3.8) is 0 Å². The number of halogens is 1. The van der Waals surface area contributed by atoms with E-state index in [0.29, 0.717) is 11.1 Å². The van der Waals surface area contributed by atoms with Gasteiger partial charge in [0.1, 0.15) is 0 Å². The molecule has 0 aromatic heterocycles. The Bertz CT molecular complexity index is 466. The van der Waals surface area contributed by atoms with Crippen LogP contribution in [0.15, 0.2) is 6.07 Å². The highest BCUT2D eigenvalue weighted by molar-refractivity contribution is 6.33. The highest BCUT2D eigenvalue weighted by atomic mass is 35.5. The molecule has 5 heteroatoms. The molecular formula is C12H15ClO4. The van der Waals surface area contributed by atoms with Gasteiger partial charge in [-0.25, -0.2) is 0 Å². The molecule has 0 heterocycles. The second-order valence-electron chi connectivity index (χ2n) is 4.72. The highest BCUT2D eigenvalue weighted by Gasteiger charge is 2.30. The highest BCUT2D eigenvalue weighted by Crippen LogP contribution is 2.40. The third kappa shape index (κ3) is 2.64. The van der Waals surface area contributed by atoms with E-state index in [1.54, 1.807) is 20.8 Å². The number of rotatable bonds is 3. The zero-order chi connectivity index (χ0) is 13.4. The lowest BCUT2D eigenvalue weighted by atomic mass is 9.84. The molecule has 0 saturated carbocycles. The molecule has 0 amide bonds. The van der Waals surface area contributed by atoms with E-state index in [4.69, 9.17) is 16.7 Å². The van der Waals surface area contributed by atoms with Gasteiger partial charge >= 0.3 is 5.97 Å². The van der Waals surface area contributed by atoms with Crippen molar-refractivity contribution in [2.75, 3.05) is 0 Å². The number of carbonyl (C=O) groups is 1. The molecule has 17 heavy (non-hydrogen) atoms. The number of carboxylic acids is 1. The topological polar surface area (TPSA) is 77.8 Å². The number of aryl methyl sites for hydroxylation is 1. The van der Waals surface area contributed by atoms with Crippen LogP contribution in [0.2, 0.25) is 5.02 Å². The summed E-state index contributed by atoms with van der Waals surface area (Å²) in [6, 6.07) is 1.37. The molecule has 0 aliphatic heterocycles. The van der Waals surface area contributed by atoms with E-state index >= 15 is 0 Å². The van der Waals surface area contributed by atoms with Crippen LogP contribution in [0.25, 0.3) is 0 Å². The van der Waals surface area contributed by atoms with Crippen LogP contribution in [0.4, 0.5) is 0 Å². The second kappa shape index (κ2) is 4.45. The van der Waals surface area contributed by atoms with Crippen molar-refractivity contribution in [2.24, 2.45) is 5.41 Å². The van der Waals surface area contributed by atoms with Crippen LogP contribution in [0.3, 0.4) is 0 Å². The van der Waals surface area contributed by atoms with Crippen molar-refractivity contribution in [1.29, 1.82) is 0 Å². The number of benzene rings is 1. The number of phenolic OH excluding ortho intramolecular Hbond substituents is 2. The molecule has 3 N–H and O–H groups in total. The van der Waals surface area contributed by atoms with Gasteiger partial charge in [-0.05, 0) is 44.4 Å². The monoisotopic (exact) mass is 258 g/mol. The Morgan fingerprint density at radius 3 is 2.41 bits per heavy atom. The molecule has 0 fully saturated rings. The Kier molecular flexibility index (Phi) is 3.57. The summed E-state index contributed by atoms with van der Waals surface area (Å²) in [5.74, 6) is -1.65. The molecule has 1 rings (SSSR count). The number of hydrogen-bond acceptors (Lipinski definition) is 3. The van der Waals surface area contributed by atoms with Gasteiger partial charge in [-0.1, -0.05) is 11.6 Å². The van der Waals surface area contributed by atoms with Crippen molar-refractivity contribution in [2.45, 2.75) is 27.2 Å². The summed E-state index contributed by atoms with van der Waals surface area (Å²) >= 11 is 5.91. The second-order valence-corrected chi connectivity index (χ2v) is 5.10. The van der Waals surface area contributed by atoms with Gasteiger partial charge < -0.3 is 15.3 Å². The van der Waals surface area contributed by atoms with Crippen molar-refractivity contribution in [3.05, 3.63) is 22.2 Å². The van der Waals surface area contributed by atoms with Crippen LogP contribution in [-0.4, -0.2) is 21.3 Å². The summed E-state index contributed by atoms with van der Waals surface area (Å²) in [6.45, 7) is 4.86. The van der Waals surface area contributed by atoms with Gasteiger partial charge in [0, 0.05) is 0 Å². The van der Waals surface area contributed by atoms with Crippen molar-refractivity contribution in [1.82, 2.24) is 0 Å². The van der Waals surface area contributed by atoms with Gasteiger partial charge in [-0.3, -0.25) is 4.79 Å². The van der Waals surface area contributed by atoms with Gasteiger partial charge in [0.25, 0.3) is 0 Å². The minimum atomic E-state index is -0.988. The fourth-order valence-electron chi connectivity index (χ4n) is 1.52. The first-order valence-corrected chi connectivity index (χ1v) is 5.48. The van der Waals surface area contributed by atoms with Crippen molar-refractivity contribution >= 4 is 17.6 Å². The quantitative estimate of drug-likeness (QED) is 0.729. The van der Waals surface area contributed by atoms with Crippen LogP contribution < -0.4 is 0 Å². The van der Waals surface area contributed by atoms with Gasteiger partial charge in [-0.15, -0.1) is 0 Å². The van der Waals surface area contributed by atoms with Crippen molar-refractivity contribution in [3.8, 4) is 11.5 Å². The Balaban J connectivity index is 3.25. The van der Waals surface area contributed by atoms with E-state index in [1.165, 1.54) is 6.07 Å². The van der Waals surface area contributed by atoms with E-state index < -0.39 is 17.1 Å². The van der Waals surface area contributed by atoms with Gasteiger partial charge in [-0.2, -0.15) is 0 Å². The third-order valence-corrected chi connectivity index (χ3v) is 3.15. The van der Waals surface area contributed by atoms with E-state index in [-0.39, 0.29) is 17.2 Å². The molecule has 0 bridgehead atoms. The van der Waals surface area contributed by atoms with Crippen LogP contribution in [-0.2, 0) is 11.2 Å². The molecule has 0 saturated heterocycles. The van der Waals surface area contributed by atoms with Crippen LogP contribution in [0.5, 0.6) is 11.5 Å². The lowest BCUT2D eigenvalue weighted by Crippen LogP contribution is -2.26. The average Bonchev–Trinajstić information content (AvgIpc) is 2.21. The van der Waals surface area contributed by atoms with Crippen LogP contribution >= 0.6 is 11.6 Å². The molecule has 0 atom stereocenters. The van der Waals surface area contributed by atoms with Gasteiger partial charge in [0.05, 0.1) is 10.4 Å². The summed E-state index contributed by atoms with van der Waals surface area (Å²) in [6.07, 6.45) is 0.181. The summed E-state index contributed by atoms with van der Waals surface area (Å²) in [5.41, 5.74) is 0.201. The molecule has 0 spiro atoms. The van der Waals surface area contributed by atoms with Crippen LogP contribution in [0, 0.1) is 12.3 Å². The van der Waals surface area contributed by atoms with E-state index in [0.717, 1.165) is 0 Å². The zero-order valence-electron chi connectivity index (χ0n) is 9.91. The first kappa shape index (κ1) is 13.6.